The fraction of sp³-hybridized carbons (Fsp3) is 0.235. The molecule has 2 aromatic rings. The van der Waals surface area contributed by atoms with Crippen molar-refractivity contribution in [1.82, 2.24) is 0 Å². The number of esters is 1. The maximum atomic E-state index is 11.4. The molecule has 0 aliphatic heterocycles. The lowest BCUT2D eigenvalue weighted by Gasteiger charge is -2.05. The lowest BCUT2D eigenvalue weighted by molar-refractivity contribution is -0.142. The summed E-state index contributed by atoms with van der Waals surface area (Å²) < 4.78 is 4.93. The highest BCUT2D eigenvalue weighted by Crippen LogP contribution is 2.11. The predicted molar refractivity (Wildman–Crippen MR) is 76.0 cm³/mol. The Labute approximate surface area is 114 Å². The fourth-order valence-electron chi connectivity index (χ4n) is 1.99. The Balaban J connectivity index is 1.97. The van der Waals surface area contributed by atoms with Crippen LogP contribution in [0.1, 0.15) is 23.6 Å². The zero-order valence-electron chi connectivity index (χ0n) is 11.1. The molecule has 0 bridgehead atoms. The Kier molecular flexibility index (Phi) is 4.73. The SMILES string of the molecule is CCOC(=O)Cc1ccc(Cc2ccccc2)cc1. The van der Waals surface area contributed by atoms with Gasteiger partial charge in [0.1, 0.15) is 0 Å². The zero-order chi connectivity index (χ0) is 13.5. The van der Waals surface area contributed by atoms with Gasteiger partial charge in [-0.1, -0.05) is 54.6 Å². The minimum atomic E-state index is -0.168. The van der Waals surface area contributed by atoms with Crippen LogP contribution in [0.3, 0.4) is 0 Å². The second-order valence-corrected chi connectivity index (χ2v) is 4.46. The van der Waals surface area contributed by atoms with E-state index < -0.39 is 0 Å². The molecule has 0 heterocycles. The number of hydrogen-bond acceptors (Lipinski definition) is 2. The summed E-state index contributed by atoms with van der Waals surface area (Å²) >= 11 is 0. The molecular weight excluding hydrogens is 236 g/mol. The van der Waals surface area contributed by atoms with Crippen molar-refractivity contribution in [3.63, 3.8) is 0 Å². The van der Waals surface area contributed by atoms with Gasteiger partial charge in [0.25, 0.3) is 0 Å². The number of carbonyl (C=O) groups excluding carboxylic acids is 1. The van der Waals surface area contributed by atoms with Gasteiger partial charge in [-0.3, -0.25) is 4.79 Å². The maximum Gasteiger partial charge on any atom is 0.310 e. The number of rotatable bonds is 5. The Hall–Kier alpha value is -2.09. The average molecular weight is 254 g/mol. The van der Waals surface area contributed by atoms with Gasteiger partial charge in [0.05, 0.1) is 13.0 Å². The largest absolute Gasteiger partial charge is 0.466 e. The summed E-state index contributed by atoms with van der Waals surface area (Å²) in [7, 11) is 0. The normalized spacial score (nSPS) is 10.2. The van der Waals surface area contributed by atoms with E-state index >= 15 is 0 Å². The molecule has 0 aromatic heterocycles. The van der Waals surface area contributed by atoms with Crippen LogP contribution in [0.25, 0.3) is 0 Å². The minimum Gasteiger partial charge on any atom is -0.466 e. The predicted octanol–water partition coefficient (Wildman–Crippen LogP) is 3.38. The van der Waals surface area contributed by atoms with Gasteiger partial charge in [-0.15, -0.1) is 0 Å². The molecule has 2 heteroatoms. The van der Waals surface area contributed by atoms with Gasteiger partial charge in [-0.05, 0) is 30.0 Å². The molecule has 19 heavy (non-hydrogen) atoms. The molecule has 0 spiro atoms. The summed E-state index contributed by atoms with van der Waals surface area (Å²) in [5.41, 5.74) is 3.54. The monoisotopic (exact) mass is 254 g/mol. The molecule has 2 rings (SSSR count). The molecule has 0 radical (unpaired) electrons. The summed E-state index contributed by atoms with van der Waals surface area (Å²) in [6.45, 7) is 2.26. The van der Waals surface area contributed by atoms with Crippen LogP contribution in [0.15, 0.2) is 54.6 Å². The number of hydrogen-bond donors (Lipinski definition) is 0. The Morgan fingerprint density at radius 2 is 1.47 bits per heavy atom. The van der Waals surface area contributed by atoms with Gasteiger partial charge < -0.3 is 4.74 Å². The first-order chi connectivity index (χ1) is 9.28. The highest BCUT2D eigenvalue weighted by molar-refractivity contribution is 5.72. The Morgan fingerprint density at radius 1 is 0.895 bits per heavy atom. The Bertz CT molecular complexity index is 515. The standard InChI is InChI=1S/C17H18O2/c1-2-19-17(18)13-16-10-8-15(9-11-16)12-14-6-4-3-5-7-14/h3-11H,2,12-13H2,1H3. The van der Waals surface area contributed by atoms with Crippen LogP contribution < -0.4 is 0 Å². The first kappa shape index (κ1) is 13.3. The van der Waals surface area contributed by atoms with Gasteiger partial charge in [-0.2, -0.15) is 0 Å². The van der Waals surface area contributed by atoms with Gasteiger partial charge in [0.2, 0.25) is 0 Å². The maximum absolute atomic E-state index is 11.4. The molecule has 2 nitrogen and oxygen atoms in total. The van der Waals surface area contributed by atoms with Crippen LogP contribution in [-0.4, -0.2) is 12.6 Å². The van der Waals surface area contributed by atoms with Gasteiger partial charge in [-0.25, -0.2) is 0 Å². The van der Waals surface area contributed by atoms with E-state index in [1.165, 1.54) is 11.1 Å². The molecule has 0 fully saturated rings. The van der Waals surface area contributed by atoms with Crippen LogP contribution in [0.4, 0.5) is 0 Å². The van der Waals surface area contributed by atoms with Crippen molar-refractivity contribution in [1.29, 1.82) is 0 Å². The summed E-state index contributed by atoms with van der Waals surface area (Å²) in [6, 6.07) is 18.5. The highest BCUT2D eigenvalue weighted by atomic mass is 16.5. The molecule has 0 N–H and O–H groups in total. The first-order valence-corrected chi connectivity index (χ1v) is 6.55. The van der Waals surface area contributed by atoms with E-state index in [0.717, 1.165) is 12.0 Å². The average Bonchev–Trinajstić information content (AvgIpc) is 2.42. The Morgan fingerprint density at radius 3 is 2.11 bits per heavy atom. The third-order valence-electron chi connectivity index (χ3n) is 2.93. The molecule has 0 aliphatic carbocycles. The van der Waals surface area contributed by atoms with E-state index in [0.29, 0.717) is 13.0 Å². The molecule has 0 saturated carbocycles. The van der Waals surface area contributed by atoms with Gasteiger partial charge >= 0.3 is 5.97 Å². The summed E-state index contributed by atoms with van der Waals surface area (Å²) in [5.74, 6) is -0.168. The topological polar surface area (TPSA) is 26.3 Å². The first-order valence-electron chi connectivity index (χ1n) is 6.55. The number of ether oxygens (including phenoxy) is 1. The van der Waals surface area contributed by atoms with Crippen LogP contribution in [0, 0.1) is 0 Å². The van der Waals surface area contributed by atoms with E-state index in [-0.39, 0.29) is 5.97 Å². The lowest BCUT2D eigenvalue weighted by atomic mass is 10.0. The second kappa shape index (κ2) is 6.74. The smallest absolute Gasteiger partial charge is 0.310 e. The number of benzene rings is 2. The van der Waals surface area contributed by atoms with E-state index in [1.54, 1.807) is 0 Å². The number of carbonyl (C=O) groups is 1. The molecule has 0 saturated heterocycles. The van der Waals surface area contributed by atoms with Crippen LogP contribution in [0.2, 0.25) is 0 Å². The summed E-state index contributed by atoms with van der Waals surface area (Å²) in [4.78, 5) is 11.4. The van der Waals surface area contributed by atoms with Crippen molar-refractivity contribution in [3.8, 4) is 0 Å². The summed E-state index contributed by atoms with van der Waals surface area (Å²) in [6.07, 6.45) is 1.26. The minimum absolute atomic E-state index is 0.168. The molecule has 0 aliphatic rings. The van der Waals surface area contributed by atoms with Crippen molar-refractivity contribution >= 4 is 5.97 Å². The van der Waals surface area contributed by atoms with Gasteiger partial charge in [0, 0.05) is 0 Å². The van der Waals surface area contributed by atoms with Gasteiger partial charge in [0.15, 0.2) is 0 Å². The van der Waals surface area contributed by atoms with Crippen molar-refractivity contribution < 1.29 is 9.53 Å². The summed E-state index contributed by atoms with van der Waals surface area (Å²) in [5, 5.41) is 0. The molecule has 0 atom stereocenters. The fourth-order valence-corrected chi connectivity index (χ4v) is 1.99. The third kappa shape index (κ3) is 4.25. The lowest BCUT2D eigenvalue weighted by Crippen LogP contribution is -2.07. The van der Waals surface area contributed by atoms with E-state index in [2.05, 4.69) is 24.3 Å². The van der Waals surface area contributed by atoms with Crippen molar-refractivity contribution in [2.75, 3.05) is 6.61 Å². The zero-order valence-corrected chi connectivity index (χ0v) is 11.1. The third-order valence-corrected chi connectivity index (χ3v) is 2.93. The van der Waals surface area contributed by atoms with Crippen molar-refractivity contribution in [3.05, 3.63) is 71.3 Å². The van der Waals surface area contributed by atoms with E-state index in [1.807, 2.05) is 37.3 Å². The molecular formula is C17H18O2. The molecule has 98 valence electrons. The molecule has 0 unspecified atom stereocenters. The molecule has 0 amide bonds. The second-order valence-electron chi connectivity index (χ2n) is 4.46. The highest BCUT2D eigenvalue weighted by Gasteiger charge is 2.03. The van der Waals surface area contributed by atoms with E-state index in [9.17, 15) is 4.79 Å². The quantitative estimate of drug-likeness (QED) is 0.765. The molecule has 2 aromatic carbocycles. The van der Waals surface area contributed by atoms with Crippen molar-refractivity contribution in [2.24, 2.45) is 0 Å². The van der Waals surface area contributed by atoms with E-state index in [4.69, 9.17) is 4.74 Å². The van der Waals surface area contributed by atoms with Crippen molar-refractivity contribution in [2.45, 2.75) is 19.8 Å². The van der Waals surface area contributed by atoms with Crippen LogP contribution >= 0.6 is 0 Å². The van der Waals surface area contributed by atoms with Crippen LogP contribution in [0.5, 0.6) is 0 Å². The van der Waals surface area contributed by atoms with Crippen LogP contribution in [-0.2, 0) is 22.4 Å².